The van der Waals surface area contributed by atoms with Crippen molar-refractivity contribution in [1.82, 2.24) is 25.8 Å². The first-order valence-electron chi connectivity index (χ1n) is 8.72. The van der Waals surface area contributed by atoms with Crippen molar-refractivity contribution in [2.24, 2.45) is 4.99 Å². The summed E-state index contributed by atoms with van der Waals surface area (Å²) < 4.78 is 5.46. The zero-order chi connectivity index (χ0) is 19.1. The first-order chi connectivity index (χ1) is 13.2. The van der Waals surface area contributed by atoms with Crippen molar-refractivity contribution in [3.63, 3.8) is 0 Å². The minimum Gasteiger partial charge on any atom is -0.496 e. The van der Waals surface area contributed by atoms with E-state index >= 15 is 0 Å². The van der Waals surface area contributed by atoms with Crippen LogP contribution < -0.4 is 15.4 Å². The number of hydrogen-bond donors (Lipinski definition) is 3. The maximum absolute atomic E-state index is 5.46. The molecular weight excluding hydrogens is 340 g/mol. The zero-order valence-electron chi connectivity index (χ0n) is 15.8. The van der Waals surface area contributed by atoms with Crippen LogP contribution in [0.25, 0.3) is 11.4 Å². The molecule has 0 atom stereocenters. The van der Waals surface area contributed by atoms with Gasteiger partial charge in [-0.05, 0) is 30.2 Å². The molecule has 3 N–H and O–H groups in total. The van der Waals surface area contributed by atoms with Gasteiger partial charge in [0.05, 0.1) is 7.11 Å². The molecule has 0 radical (unpaired) electrons. The monoisotopic (exact) mass is 364 g/mol. The van der Waals surface area contributed by atoms with Crippen molar-refractivity contribution in [3.8, 4) is 17.1 Å². The van der Waals surface area contributed by atoms with Crippen molar-refractivity contribution in [2.75, 3.05) is 14.2 Å². The van der Waals surface area contributed by atoms with Gasteiger partial charge in [-0.25, -0.2) is 4.98 Å². The van der Waals surface area contributed by atoms with Gasteiger partial charge in [-0.1, -0.05) is 30.3 Å². The van der Waals surface area contributed by atoms with Gasteiger partial charge < -0.3 is 15.4 Å². The predicted octanol–water partition coefficient (Wildman–Crippen LogP) is 2.65. The Labute approximate surface area is 158 Å². The lowest BCUT2D eigenvalue weighted by Gasteiger charge is -2.14. The van der Waals surface area contributed by atoms with Crippen LogP contribution >= 0.6 is 0 Å². The second-order valence-electron chi connectivity index (χ2n) is 6.13. The number of nitrogens with one attached hydrogen (secondary N) is 3. The number of aryl methyl sites for hydroxylation is 1. The Kier molecular flexibility index (Phi) is 6.04. The number of rotatable bonds is 6. The Morgan fingerprint density at radius 3 is 2.74 bits per heavy atom. The molecule has 3 aromatic rings. The number of aliphatic imine (C=N–C) groups is 1. The van der Waals surface area contributed by atoms with Gasteiger partial charge in [-0.2, -0.15) is 5.10 Å². The van der Waals surface area contributed by atoms with E-state index in [1.807, 2.05) is 25.1 Å². The van der Waals surface area contributed by atoms with Gasteiger partial charge in [-0.15, -0.1) is 0 Å². The van der Waals surface area contributed by atoms with E-state index in [0.717, 1.165) is 34.2 Å². The van der Waals surface area contributed by atoms with E-state index in [9.17, 15) is 0 Å². The number of guanidine groups is 1. The van der Waals surface area contributed by atoms with Crippen LogP contribution in [0, 0.1) is 6.92 Å². The maximum atomic E-state index is 5.46. The normalized spacial score (nSPS) is 11.3. The van der Waals surface area contributed by atoms with E-state index in [4.69, 9.17) is 4.74 Å². The smallest absolute Gasteiger partial charge is 0.191 e. The van der Waals surface area contributed by atoms with Gasteiger partial charge in [-0.3, -0.25) is 10.1 Å². The van der Waals surface area contributed by atoms with E-state index in [2.05, 4.69) is 55.1 Å². The second kappa shape index (κ2) is 8.84. The van der Waals surface area contributed by atoms with Gasteiger partial charge in [0.2, 0.25) is 0 Å². The number of benzene rings is 2. The summed E-state index contributed by atoms with van der Waals surface area (Å²) in [5, 5.41) is 13.4. The molecule has 0 unspecified atom stereocenters. The molecule has 0 saturated carbocycles. The average Bonchev–Trinajstić information content (AvgIpc) is 3.24. The highest BCUT2D eigenvalue weighted by molar-refractivity contribution is 5.79. The minimum atomic E-state index is 0.626. The fraction of sp³-hybridized carbons (Fsp3) is 0.250. The van der Waals surface area contributed by atoms with Crippen LogP contribution in [0.3, 0.4) is 0 Å². The summed E-state index contributed by atoms with van der Waals surface area (Å²) in [6.07, 6.45) is 1.51. The van der Waals surface area contributed by atoms with Crippen molar-refractivity contribution < 1.29 is 4.74 Å². The fourth-order valence-electron chi connectivity index (χ4n) is 2.76. The van der Waals surface area contributed by atoms with Crippen molar-refractivity contribution in [1.29, 1.82) is 0 Å². The van der Waals surface area contributed by atoms with E-state index in [-0.39, 0.29) is 0 Å². The zero-order valence-corrected chi connectivity index (χ0v) is 15.8. The predicted molar refractivity (Wildman–Crippen MR) is 107 cm³/mol. The lowest BCUT2D eigenvalue weighted by Crippen LogP contribution is -2.36. The molecular formula is C20H24N6O. The molecule has 0 aliphatic rings. The largest absolute Gasteiger partial charge is 0.496 e. The van der Waals surface area contributed by atoms with Gasteiger partial charge in [0, 0.05) is 31.3 Å². The third kappa shape index (κ3) is 4.84. The van der Waals surface area contributed by atoms with Crippen molar-refractivity contribution >= 4 is 5.96 Å². The van der Waals surface area contributed by atoms with Gasteiger partial charge in [0.25, 0.3) is 0 Å². The van der Waals surface area contributed by atoms with Crippen LogP contribution in [0.4, 0.5) is 0 Å². The van der Waals surface area contributed by atoms with E-state index in [1.165, 1.54) is 11.9 Å². The fourth-order valence-corrected chi connectivity index (χ4v) is 2.76. The molecule has 7 heteroatoms. The summed E-state index contributed by atoms with van der Waals surface area (Å²) in [4.78, 5) is 8.48. The lowest BCUT2D eigenvalue weighted by atomic mass is 10.1. The number of aromatic nitrogens is 3. The molecule has 0 fully saturated rings. The lowest BCUT2D eigenvalue weighted by molar-refractivity contribution is 0.408. The van der Waals surface area contributed by atoms with E-state index in [0.29, 0.717) is 13.1 Å². The summed E-state index contributed by atoms with van der Waals surface area (Å²) in [6, 6.07) is 14.3. The molecule has 1 heterocycles. The minimum absolute atomic E-state index is 0.626. The number of ether oxygens (including phenoxy) is 1. The Morgan fingerprint density at radius 2 is 2.00 bits per heavy atom. The molecule has 27 heavy (non-hydrogen) atoms. The van der Waals surface area contributed by atoms with Crippen LogP contribution in [0.5, 0.6) is 5.75 Å². The highest BCUT2D eigenvalue weighted by atomic mass is 16.5. The Bertz CT molecular complexity index is 905. The first-order valence-corrected chi connectivity index (χ1v) is 8.72. The quantitative estimate of drug-likeness (QED) is 0.462. The van der Waals surface area contributed by atoms with Crippen LogP contribution in [0.2, 0.25) is 0 Å². The molecule has 0 spiro atoms. The van der Waals surface area contributed by atoms with Gasteiger partial charge >= 0.3 is 0 Å². The molecule has 3 rings (SSSR count). The average molecular weight is 364 g/mol. The van der Waals surface area contributed by atoms with Crippen LogP contribution in [0.15, 0.2) is 53.8 Å². The van der Waals surface area contributed by atoms with Crippen molar-refractivity contribution in [3.05, 3.63) is 65.5 Å². The summed E-state index contributed by atoms with van der Waals surface area (Å²) in [5.41, 5.74) is 4.38. The van der Waals surface area contributed by atoms with Gasteiger partial charge in [0.1, 0.15) is 12.1 Å². The number of methoxy groups -OCH3 is 1. The Morgan fingerprint density at radius 1 is 1.15 bits per heavy atom. The number of hydrogen-bond acceptors (Lipinski definition) is 4. The summed E-state index contributed by atoms with van der Waals surface area (Å²) in [6.45, 7) is 3.32. The summed E-state index contributed by atoms with van der Waals surface area (Å²) in [5.74, 6) is 2.35. The highest BCUT2D eigenvalue weighted by Crippen LogP contribution is 2.19. The number of aromatic amines is 1. The SMILES string of the molecule is CN=C(NCc1cccc(-c2ncn[nH]2)c1)NCc1ccc(C)cc1OC. The topological polar surface area (TPSA) is 87.2 Å². The van der Waals surface area contributed by atoms with Crippen LogP contribution in [0.1, 0.15) is 16.7 Å². The molecule has 0 amide bonds. The van der Waals surface area contributed by atoms with Crippen molar-refractivity contribution in [2.45, 2.75) is 20.0 Å². The van der Waals surface area contributed by atoms with Crippen LogP contribution in [-0.2, 0) is 13.1 Å². The molecule has 0 aliphatic carbocycles. The van der Waals surface area contributed by atoms with Gasteiger partial charge in [0.15, 0.2) is 11.8 Å². The Balaban J connectivity index is 1.59. The molecule has 7 nitrogen and oxygen atoms in total. The summed E-state index contributed by atoms with van der Waals surface area (Å²) in [7, 11) is 3.44. The van der Waals surface area contributed by atoms with E-state index < -0.39 is 0 Å². The van der Waals surface area contributed by atoms with E-state index in [1.54, 1.807) is 14.2 Å². The molecule has 0 aliphatic heterocycles. The molecule has 0 saturated heterocycles. The number of nitrogens with zero attached hydrogens (tertiary/aromatic N) is 3. The Hall–Kier alpha value is -3.35. The molecule has 2 aromatic carbocycles. The highest BCUT2D eigenvalue weighted by Gasteiger charge is 2.06. The number of H-pyrrole nitrogens is 1. The second-order valence-corrected chi connectivity index (χ2v) is 6.13. The molecule has 1 aromatic heterocycles. The molecule has 0 bridgehead atoms. The third-order valence-electron chi connectivity index (χ3n) is 4.19. The maximum Gasteiger partial charge on any atom is 0.191 e. The van der Waals surface area contributed by atoms with Crippen LogP contribution in [-0.4, -0.2) is 35.3 Å². The summed E-state index contributed by atoms with van der Waals surface area (Å²) >= 11 is 0. The standard InChI is InChI=1S/C20H24N6O/c1-14-7-8-17(18(9-14)27-3)12-23-20(21-2)22-11-15-5-4-6-16(10-15)19-24-13-25-26-19/h4-10,13H,11-12H2,1-3H3,(H2,21,22,23)(H,24,25,26). The third-order valence-corrected chi connectivity index (χ3v) is 4.19. The molecule has 140 valence electrons. The first kappa shape index (κ1) is 18.4.